The molecular weight excluding hydrogens is 208 g/mol. The molecule has 0 saturated heterocycles. The molecule has 0 spiro atoms. The van der Waals surface area contributed by atoms with Crippen LogP contribution in [0.1, 0.15) is 13.3 Å². The number of ether oxygens (including phenoxy) is 1. The summed E-state index contributed by atoms with van der Waals surface area (Å²) < 4.78 is 5.09. The van der Waals surface area contributed by atoms with E-state index in [1.807, 2.05) is 6.92 Å². The molecule has 0 saturated carbocycles. The summed E-state index contributed by atoms with van der Waals surface area (Å²) in [6.07, 6.45) is 2.08. The maximum absolute atomic E-state index is 10.6. The van der Waals surface area contributed by atoms with Gasteiger partial charge in [-0.2, -0.15) is 0 Å². The van der Waals surface area contributed by atoms with E-state index in [1.165, 1.54) is 12.3 Å². The van der Waals surface area contributed by atoms with Crippen molar-refractivity contribution in [2.45, 2.75) is 13.3 Å². The fourth-order valence-electron chi connectivity index (χ4n) is 0.857. The third-order valence-corrected chi connectivity index (χ3v) is 1.65. The van der Waals surface area contributed by atoms with E-state index in [2.05, 4.69) is 4.98 Å². The van der Waals surface area contributed by atoms with Crippen molar-refractivity contribution in [2.75, 3.05) is 6.61 Å². The van der Waals surface area contributed by atoms with Gasteiger partial charge >= 0.3 is 5.69 Å². The Kier molecular flexibility index (Phi) is 3.64. The van der Waals surface area contributed by atoms with E-state index in [0.717, 1.165) is 6.42 Å². The molecule has 0 aliphatic heterocycles. The summed E-state index contributed by atoms with van der Waals surface area (Å²) >= 11 is 5.57. The quantitative estimate of drug-likeness (QED) is 0.573. The molecule has 0 amide bonds. The normalized spacial score (nSPS) is 9.86. The van der Waals surface area contributed by atoms with Gasteiger partial charge in [0.25, 0.3) is 5.88 Å². The van der Waals surface area contributed by atoms with Gasteiger partial charge < -0.3 is 4.74 Å². The molecule has 14 heavy (non-hydrogen) atoms. The monoisotopic (exact) mass is 216 g/mol. The van der Waals surface area contributed by atoms with Crippen LogP contribution in [0.2, 0.25) is 5.02 Å². The van der Waals surface area contributed by atoms with E-state index in [4.69, 9.17) is 16.3 Å². The first kappa shape index (κ1) is 10.7. The number of hydrogen-bond donors (Lipinski definition) is 0. The number of pyridine rings is 1. The number of nitrogens with zero attached hydrogens (tertiary/aromatic N) is 2. The highest BCUT2D eigenvalue weighted by molar-refractivity contribution is 6.30. The second-order valence-electron chi connectivity index (χ2n) is 2.58. The Balaban J connectivity index is 2.96. The SMILES string of the molecule is CCCOc1ncc(Cl)cc1[N+](=O)[O-]. The first-order chi connectivity index (χ1) is 6.65. The number of hydrogen-bond acceptors (Lipinski definition) is 4. The van der Waals surface area contributed by atoms with Crippen molar-refractivity contribution in [1.29, 1.82) is 0 Å². The van der Waals surface area contributed by atoms with Gasteiger partial charge in [0.2, 0.25) is 0 Å². The lowest BCUT2D eigenvalue weighted by molar-refractivity contribution is -0.386. The lowest BCUT2D eigenvalue weighted by atomic mass is 10.4. The molecule has 0 fully saturated rings. The molecule has 0 unspecified atom stereocenters. The summed E-state index contributed by atoms with van der Waals surface area (Å²) in [6, 6.07) is 1.22. The summed E-state index contributed by atoms with van der Waals surface area (Å²) in [5, 5.41) is 10.8. The van der Waals surface area contributed by atoms with Crippen molar-refractivity contribution < 1.29 is 9.66 Å². The van der Waals surface area contributed by atoms with Crippen LogP contribution >= 0.6 is 11.6 Å². The molecule has 0 aromatic carbocycles. The number of nitro groups is 1. The highest BCUT2D eigenvalue weighted by Gasteiger charge is 2.16. The highest BCUT2D eigenvalue weighted by Crippen LogP contribution is 2.26. The Hall–Kier alpha value is -1.36. The molecule has 1 rings (SSSR count). The zero-order valence-electron chi connectivity index (χ0n) is 7.57. The van der Waals surface area contributed by atoms with E-state index < -0.39 is 4.92 Å². The summed E-state index contributed by atoms with van der Waals surface area (Å²) in [7, 11) is 0. The Morgan fingerprint density at radius 1 is 1.71 bits per heavy atom. The average Bonchev–Trinajstić information content (AvgIpc) is 2.15. The number of aromatic nitrogens is 1. The Bertz CT molecular complexity index is 343. The molecule has 0 bridgehead atoms. The summed E-state index contributed by atoms with van der Waals surface area (Å²) in [5.74, 6) is 0.0150. The zero-order valence-corrected chi connectivity index (χ0v) is 8.32. The summed E-state index contributed by atoms with van der Waals surface area (Å²) in [6.45, 7) is 2.30. The standard InChI is InChI=1S/C8H9ClN2O3/c1-2-3-14-8-7(11(12)13)4-6(9)5-10-8/h4-5H,2-3H2,1H3. The van der Waals surface area contributed by atoms with Gasteiger partial charge in [-0.1, -0.05) is 18.5 Å². The lowest BCUT2D eigenvalue weighted by Gasteiger charge is -2.03. The van der Waals surface area contributed by atoms with E-state index in [0.29, 0.717) is 6.61 Å². The predicted octanol–water partition coefficient (Wildman–Crippen LogP) is 2.43. The van der Waals surface area contributed by atoms with Crippen LogP contribution in [-0.4, -0.2) is 16.5 Å². The predicted molar refractivity (Wildman–Crippen MR) is 51.7 cm³/mol. The zero-order chi connectivity index (χ0) is 10.6. The topological polar surface area (TPSA) is 65.3 Å². The van der Waals surface area contributed by atoms with Gasteiger partial charge in [-0.15, -0.1) is 0 Å². The molecule has 1 aromatic rings. The van der Waals surface area contributed by atoms with Crippen LogP contribution in [0.5, 0.6) is 5.88 Å². The molecule has 5 nitrogen and oxygen atoms in total. The molecule has 0 aliphatic carbocycles. The third kappa shape index (κ3) is 2.56. The fraction of sp³-hybridized carbons (Fsp3) is 0.375. The van der Waals surface area contributed by atoms with Crippen LogP contribution in [-0.2, 0) is 0 Å². The molecular formula is C8H9ClN2O3. The van der Waals surface area contributed by atoms with Gasteiger partial charge in [0.15, 0.2) is 0 Å². The van der Waals surface area contributed by atoms with Gasteiger partial charge in [0, 0.05) is 6.07 Å². The van der Waals surface area contributed by atoms with Crippen LogP contribution in [0.3, 0.4) is 0 Å². The maximum atomic E-state index is 10.6. The van der Waals surface area contributed by atoms with Crippen molar-refractivity contribution >= 4 is 17.3 Å². The van der Waals surface area contributed by atoms with E-state index in [1.54, 1.807) is 0 Å². The maximum Gasteiger partial charge on any atom is 0.332 e. The van der Waals surface area contributed by atoms with Crippen LogP contribution in [0.15, 0.2) is 12.3 Å². The van der Waals surface area contributed by atoms with Crippen LogP contribution < -0.4 is 4.74 Å². The Morgan fingerprint density at radius 3 is 3.00 bits per heavy atom. The van der Waals surface area contributed by atoms with Crippen molar-refractivity contribution in [3.8, 4) is 5.88 Å². The molecule has 0 aliphatic rings. The molecule has 76 valence electrons. The average molecular weight is 217 g/mol. The van der Waals surface area contributed by atoms with E-state index in [-0.39, 0.29) is 16.6 Å². The molecule has 1 aromatic heterocycles. The van der Waals surface area contributed by atoms with E-state index in [9.17, 15) is 10.1 Å². The van der Waals surface area contributed by atoms with Crippen LogP contribution in [0.25, 0.3) is 0 Å². The van der Waals surface area contributed by atoms with Crippen molar-refractivity contribution in [3.05, 3.63) is 27.4 Å². The minimum Gasteiger partial charge on any atom is -0.473 e. The number of halogens is 1. The first-order valence-corrected chi connectivity index (χ1v) is 4.45. The van der Waals surface area contributed by atoms with Crippen LogP contribution in [0, 0.1) is 10.1 Å². The third-order valence-electron chi connectivity index (χ3n) is 1.44. The summed E-state index contributed by atoms with van der Waals surface area (Å²) in [5.41, 5.74) is -0.203. The van der Waals surface area contributed by atoms with Crippen molar-refractivity contribution in [2.24, 2.45) is 0 Å². The first-order valence-electron chi connectivity index (χ1n) is 4.08. The smallest absolute Gasteiger partial charge is 0.332 e. The molecule has 0 N–H and O–H groups in total. The molecule has 0 radical (unpaired) electrons. The minimum absolute atomic E-state index is 0.0150. The highest BCUT2D eigenvalue weighted by atomic mass is 35.5. The molecule has 1 heterocycles. The second-order valence-corrected chi connectivity index (χ2v) is 3.02. The van der Waals surface area contributed by atoms with Crippen molar-refractivity contribution in [3.63, 3.8) is 0 Å². The van der Waals surface area contributed by atoms with Crippen molar-refractivity contribution in [1.82, 2.24) is 4.98 Å². The largest absolute Gasteiger partial charge is 0.473 e. The van der Waals surface area contributed by atoms with Gasteiger partial charge in [-0.3, -0.25) is 10.1 Å². The fourth-order valence-corrected chi connectivity index (χ4v) is 1.01. The van der Waals surface area contributed by atoms with Gasteiger partial charge in [0.05, 0.1) is 22.7 Å². The molecule has 0 atom stereocenters. The van der Waals surface area contributed by atoms with Gasteiger partial charge in [-0.05, 0) is 6.42 Å². The summed E-state index contributed by atoms with van der Waals surface area (Å²) in [4.78, 5) is 13.7. The lowest BCUT2D eigenvalue weighted by Crippen LogP contribution is -2.01. The van der Waals surface area contributed by atoms with Crippen LogP contribution in [0.4, 0.5) is 5.69 Å². The van der Waals surface area contributed by atoms with E-state index >= 15 is 0 Å². The Labute approximate surface area is 85.8 Å². The minimum atomic E-state index is -0.566. The van der Waals surface area contributed by atoms with Gasteiger partial charge in [0.1, 0.15) is 0 Å². The number of rotatable bonds is 4. The molecule has 6 heteroatoms. The van der Waals surface area contributed by atoms with Gasteiger partial charge in [-0.25, -0.2) is 4.98 Å². The Morgan fingerprint density at radius 2 is 2.43 bits per heavy atom. The second kappa shape index (κ2) is 4.76.